The van der Waals surface area contributed by atoms with Crippen molar-refractivity contribution in [3.05, 3.63) is 156 Å². The molecule has 238 valence electrons. The minimum atomic E-state index is -0.162. The summed E-state index contributed by atoms with van der Waals surface area (Å²) >= 11 is 1.86. The van der Waals surface area contributed by atoms with Crippen LogP contribution in [0.2, 0.25) is 0 Å². The van der Waals surface area contributed by atoms with Gasteiger partial charge in [0.15, 0.2) is 23.6 Å². The largest absolute Gasteiger partial charge is 0.443 e. The molecule has 0 N–H and O–H groups in total. The zero-order valence-corrected chi connectivity index (χ0v) is 28.3. The number of aromatic nitrogens is 4. The molecule has 3 aromatic heterocycles. The van der Waals surface area contributed by atoms with Crippen LogP contribution in [0.1, 0.15) is 36.4 Å². The van der Waals surface area contributed by atoms with E-state index in [1.54, 1.807) is 6.39 Å². The second kappa shape index (κ2) is 11.0. The smallest absolute Gasteiger partial charge is 0.182 e. The molecule has 10 rings (SSSR count). The molecule has 0 saturated heterocycles. The number of fused-ring (bicyclic) bond motifs is 8. The Morgan fingerprint density at radius 2 is 1.30 bits per heavy atom. The van der Waals surface area contributed by atoms with E-state index < -0.39 is 0 Å². The number of rotatable bonds is 5. The summed E-state index contributed by atoms with van der Waals surface area (Å²) < 4.78 is 8.45. The Hall–Kier alpha value is -5.98. The molecule has 0 bridgehead atoms. The summed E-state index contributed by atoms with van der Waals surface area (Å²) in [6, 6.07) is 44.8. The molecule has 6 heteroatoms. The Morgan fingerprint density at radius 3 is 2.04 bits per heavy atom. The molecule has 0 atom stereocenters. The topological polar surface area (TPSA) is 64.7 Å². The standard InChI is InChI=1S/C44H30N4OS/c1-44(2)34-21-22-36-39(49-25-45-36)38(34)33-20-19-28(23-35(33)44)30-16-10-18-32-31-17-9-15-29(40(31)50-41(30)32)24-37-46-42(26-11-5-3-6-12-26)48-43(47-37)27-13-7-4-8-14-27/h3-23,25H,24H2,1-2H3. The minimum Gasteiger partial charge on any atom is -0.443 e. The van der Waals surface area contributed by atoms with Crippen LogP contribution < -0.4 is 0 Å². The second-order valence-electron chi connectivity index (χ2n) is 13.5. The van der Waals surface area contributed by atoms with Crippen LogP contribution in [0.3, 0.4) is 0 Å². The van der Waals surface area contributed by atoms with Gasteiger partial charge in [0.05, 0.1) is 0 Å². The van der Waals surface area contributed by atoms with E-state index >= 15 is 0 Å². The monoisotopic (exact) mass is 662 g/mol. The van der Waals surface area contributed by atoms with Gasteiger partial charge in [-0.3, -0.25) is 0 Å². The maximum Gasteiger partial charge on any atom is 0.182 e. The Balaban J connectivity index is 1.09. The molecule has 1 aliphatic carbocycles. The number of oxazole rings is 1. The molecule has 0 radical (unpaired) electrons. The average Bonchev–Trinajstić information content (AvgIpc) is 3.86. The fourth-order valence-corrected chi connectivity index (χ4v) is 9.00. The van der Waals surface area contributed by atoms with E-state index in [1.807, 2.05) is 47.7 Å². The molecule has 0 spiro atoms. The average molecular weight is 663 g/mol. The van der Waals surface area contributed by atoms with E-state index in [0.29, 0.717) is 18.1 Å². The molecule has 0 fully saturated rings. The van der Waals surface area contributed by atoms with Crippen LogP contribution in [0.15, 0.2) is 138 Å². The third kappa shape index (κ3) is 4.45. The second-order valence-corrected chi connectivity index (χ2v) is 14.5. The molecule has 50 heavy (non-hydrogen) atoms. The van der Waals surface area contributed by atoms with Crippen molar-refractivity contribution >= 4 is 42.6 Å². The Labute approximate surface area is 293 Å². The number of thiophene rings is 1. The molecule has 5 nitrogen and oxygen atoms in total. The molecule has 0 aliphatic heterocycles. The third-order valence-corrected chi connectivity index (χ3v) is 11.5. The van der Waals surface area contributed by atoms with Crippen LogP contribution in [0.5, 0.6) is 0 Å². The first-order chi connectivity index (χ1) is 24.5. The predicted octanol–water partition coefficient (Wildman–Crippen LogP) is 11.3. The van der Waals surface area contributed by atoms with Crippen molar-refractivity contribution < 1.29 is 4.42 Å². The summed E-state index contributed by atoms with van der Waals surface area (Å²) in [4.78, 5) is 19.3. The van der Waals surface area contributed by atoms with Crippen molar-refractivity contribution in [2.24, 2.45) is 0 Å². The summed E-state index contributed by atoms with van der Waals surface area (Å²) in [5.74, 6) is 2.13. The lowest BCUT2D eigenvalue weighted by atomic mass is 9.81. The highest BCUT2D eigenvalue weighted by Gasteiger charge is 2.37. The highest BCUT2D eigenvalue weighted by Crippen LogP contribution is 2.52. The number of hydrogen-bond donors (Lipinski definition) is 0. The quantitative estimate of drug-likeness (QED) is 0.183. The van der Waals surface area contributed by atoms with Gasteiger partial charge in [-0.05, 0) is 45.5 Å². The maximum absolute atomic E-state index is 5.91. The molecular weight excluding hydrogens is 633 g/mol. The van der Waals surface area contributed by atoms with Gasteiger partial charge >= 0.3 is 0 Å². The fraction of sp³-hybridized carbons (Fsp3) is 0.0909. The van der Waals surface area contributed by atoms with E-state index in [0.717, 1.165) is 28.1 Å². The number of hydrogen-bond acceptors (Lipinski definition) is 6. The number of nitrogens with zero attached hydrogens (tertiary/aromatic N) is 4. The molecule has 0 unspecified atom stereocenters. The van der Waals surface area contributed by atoms with E-state index in [4.69, 9.17) is 19.4 Å². The normalized spacial score (nSPS) is 13.2. The summed E-state index contributed by atoms with van der Waals surface area (Å²) in [5.41, 5.74) is 12.2. The Kier molecular flexibility index (Phi) is 6.39. The van der Waals surface area contributed by atoms with Gasteiger partial charge < -0.3 is 4.42 Å². The van der Waals surface area contributed by atoms with Gasteiger partial charge in [-0.25, -0.2) is 19.9 Å². The SMILES string of the molecule is CC1(C)c2cc(-c3cccc4c3sc3c(Cc5nc(-c6ccccc6)nc(-c6ccccc6)n5)cccc34)ccc2-c2c1ccc1ncoc21. The van der Waals surface area contributed by atoms with Crippen LogP contribution in [0.4, 0.5) is 0 Å². The fourth-order valence-electron chi connectivity index (χ4n) is 7.66. The van der Waals surface area contributed by atoms with E-state index in [-0.39, 0.29) is 5.41 Å². The zero-order chi connectivity index (χ0) is 33.4. The van der Waals surface area contributed by atoms with Gasteiger partial charge in [0.1, 0.15) is 11.3 Å². The molecule has 0 saturated carbocycles. The molecule has 9 aromatic rings. The summed E-state index contributed by atoms with van der Waals surface area (Å²) in [6.45, 7) is 4.62. The highest BCUT2D eigenvalue weighted by atomic mass is 32.1. The number of benzene rings is 6. The Bertz CT molecular complexity index is 2710. The van der Waals surface area contributed by atoms with E-state index in [1.165, 1.54) is 59.1 Å². The molecular formula is C44H30N4OS. The minimum absolute atomic E-state index is 0.162. The lowest BCUT2D eigenvalue weighted by Crippen LogP contribution is -2.14. The summed E-state index contributed by atoms with van der Waals surface area (Å²) in [7, 11) is 0. The summed E-state index contributed by atoms with van der Waals surface area (Å²) in [6.07, 6.45) is 2.15. The van der Waals surface area contributed by atoms with Gasteiger partial charge in [0.2, 0.25) is 0 Å². The van der Waals surface area contributed by atoms with Crippen molar-refractivity contribution in [2.75, 3.05) is 0 Å². The predicted molar refractivity (Wildman–Crippen MR) is 203 cm³/mol. The van der Waals surface area contributed by atoms with Gasteiger partial charge in [0, 0.05) is 48.7 Å². The first kappa shape index (κ1) is 29.0. The van der Waals surface area contributed by atoms with Crippen molar-refractivity contribution in [3.63, 3.8) is 0 Å². The highest BCUT2D eigenvalue weighted by molar-refractivity contribution is 7.26. The van der Waals surface area contributed by atoms with Gasteiger partial charge in [0.25, 0.3) is 0 Å². The van der Waals surface area contributed by atoms with Crippen molar-refractivity contribution in [1.82, 2.24) is 19.9 Å². The van der Waals surface area contributed by atoms with Crippen LogP contribution in [0.25, 0.3) is 76.3 Å². The van der Waals surface area contributed by atoms with Crippen LogP contribution >= 0.6 is 11.3 Å². The lowest BCUT2D eigenvalue weighted by Gasteiger charge is -2.22. The maximum atomic E-state index is 5.91. The molecule has 6 aromatic carbocycles. The first-order valence-electron chi connectivity index (χ1n) is 16.8. The van der Waals surface area contributed by atoms with Crippen molar-refractivity contribution in [2.45, 2.75) is 25.7 Å². The Morgan fingerprint density at radius 1 is 0.600 bits per heavy atom. The molecule has 3 heterocycles. The molecule has 0 amide bonds. The van der Waals surface area contributed by atoms with E-state index in [9.17, 15) is 0 Å². The van der Waals surface area contributed by atoms with Gasteiger partial charge in [-0.15, -0.1) is 11.3 Å². The van der Waals surface area contributed by atoms with Gasteiger partial charge in [-0.1, -0.05) is 129 Å². The third-order valence-electron chi connectivity index (χ3n) is 10.1. The summed E-state index contributed by atoms with van der Waals surface area (Å²) in [5, 5.41) is 2.52. The van der Waals surface area contributed by atoms with Gasteiger partial charge in [-0.2, -0.15) is 0 Å². The zero-order valence-electron chi connectivity index (χ0n) is 27.5. The first-order valence-corrected chi connectivity index (χ1v) is 17.7. The van der Waals surface area contributed by atoms with E-state index in [2.05, 4.69) is 110 Å². The molecule has 1 aliphatic rings. The van der Waals surface area contributed by atoms with Crippen molar-refractivity contribution in [3.8, 4) is 45.0 Å². The van der Waals surface area contributed by atoms with Crippen LogP contribution in [0, 0.1) is 0 Å². The van der Waals surface area contributed by atoms with Crippen molar-refractivity contribution in [1.29, 1.82) is 0 Å². The van der Waals surface area contributed by atoms with Crippen LogP contribution in [-0.2, 0) is 11.8 Å². The van der Waals surface area contributed by atoms with Crippen LogP contribution in [-0.4, -0.2) is 19.9 Å². The lowest BCUT2D eigenvalue weighted by molar-refractivity contribution is 0.601.